The standard InChI is InChI=1S/C3H8O.Eu/c1-2-3-4;/h4H,2-3H2,1H3;. The van der Waals surface area contributed by atoms with Crippen molar-refractivity contribution in [2.24, 2.45) is 0 Å². The first-order valence-corrected chi connectivity index (χ1v) is 1.52. The van der Waals surface area contributed by atoms with E-state index in [1.807, 2.05) is 6.92 Å². The Morgan fingerprint density at radius 2 is 1.80 bits per heavy atom. The molecule has 0 unspecified atom stereocenters. The predicted octanol–water partition coefficient (Wildman–Crippen LogP) is 0.389. The summed E-state index contributed by atoms with van der Waals surface area (Å²) in [5.74, 6) is 0. The monoisotopic (exact) mass is 213 g/mol. The normalized spacial score (nSPS) is 6.00. The van der Waals surface area contributed by atoms with Gasteiger partial charge in [-0.2, -0.15) is 0 Å². The van der Waals surface area contributed by atoms with Crippen LogP contribution in [0.3, 0.4) is 0 Å². The fourth-order valence-corrected chi connectivity index (χ4v) is 0. The molecule has 0 heterocycles. The molecule has 33 valence electrons. The van der Waals surface area contributed by atoms with Crippen LogP contribution in [-0.2, 0) is 0 Å². The van der Waals surface area contributed by atoms with Crippen molar-refractivity contribution < 1.29 is 54.5 Å². The smallest absolute Gasteiger partial charge is 0.0428 e. The van der Waals surface area contributed by atoms with Crippen LogP contribution in [0.25, 0.3) is 0 Å². The third-order valence-electron chi connectivity index (χ3n) is 0.224. The van der Waals surface area contributed by atoms with E-state index in [2.05, 4.69) is 0 Å². The Kier molecular flexibility index (Phi) is 17.8. The molecular formula is C3H8EuO. The number of hydrogen-bond donors (Lipinski definition) is 1. The van der Waals surface area contributed by atoms with Crippen LogP contribution in [0.2, 0.25) is 0 Å². The minimum Gasteiger partial charge on any atom is -0.396 e. The van der Waals surface area contributed by atoms with Gasteiger partial charge in [-0.3, -0.25) is 0 Å². The zero-order valence-corrected chi connectivity index (χ0v) is 5.66. The minimum absolute atomic E-state index is 0. The molecule has 0 rings (SSSR count). The summed E-state index contributed by atoms with van der Waals surface area (Å²) in [5, 5.41) is 7.88. The second kappa shape index (κ2) is 9.11. The van der Waals surface area contributed by atoms with E-state index in [9.17, 15) is 0 Å². The molecule has 0 aliphatic carbocycles. The van der Waals surface area contributed by atoms with E-state index >= 15 is 0 Å². The molecule has 0 aromatic rings. The molecule has 0 saturated carbocycles. The summed E-state index contributed by atoms with van der Waals surface area (Å²) in [4.78, 5) is 0. The van der Waals surface area contributed by atoms with Crippen LogP contribution in [-0.4, -0.2) is 11.7 Å². The van der Waals surface area contributed by atoms with Gasteiger partial charge < -0.3 is 5.11 Å². The topological polar surface area (TPSA) is 20.2 Å². The molecule has 0 aromatic heterocycles. The van der Waals surface area contributed by atoms with Crippen LogP contribution in [0.1, 0.15) is 13.3 Å². The summed E-state index contributed by atoms with van der Waals surface area (Å²) in [7, 11) is 0. The Bertz CT molecular complexity index is 8.85. The molecule has 0 aromatic carbocycles. The molecule has 1 nitrogen and oxygen atoms in total. The largest absolute Gasteiger partial charge is 0.396 e. The van der Waals surface area contributed by atoms with Gasteiger partial charge >= 0.3 is 0 Å². The summed E-state index contributed by atoms with van der Waals surface area (Å²) in [6, 6.07) is 0. The van der Waals surface area contributed by atoms with Crippen molar-refractivity contribution >= 4 is 0 Å². The van der Waals surface area contributed by atoms with Gasteiger partial charge in [0.15, 0.2) is 0 Å². The fraction of sp³-hybridized carbons (Fsp3) is 1.00. The number of hydrogen-bond acceptors (Lipinski definition) is 1. The van der Waals surface area contributed by atoms with E-state index < -0.39 is 0 Å². The Hall–Kier alpha value is 1.54. The van der Waals surface area contributed by atoms with Gasteiger partial charge in [0.25, 0.3) is 0 Å². The zero-order chi connectivity index (χ0) is 3.41. The van der Waals surface area contributed by atoms with Crippen LogP contribution < -0.4 is 0 Å². The van der Waals surface area contributed by atoms with Gasteiger partial charge in [0.05, 0.1) is 0 Å². The SMILES string of the molecule is CCCO.[Eu]. The van der Waals surface area contributed by atoms with E-state index in [1.165, 1.54) is 0 Å². The zero-order valence-electron chi connectivity index (χ0n) is 3.24. The molecule has 0 fully saturated rings. The van der Waals surface area contributed by atoms with Crippen molar-refractivity contribution in [2.75, 3.05) is 6.61 Å². The van der Waals surface area contributed by atoms with Crippen LogP contribution in [0, 0.1) is 49.4 Å². The van der Waals surface area contributed by atoms with Crippen molar-refractivity contribution in [3.8, 4) is 0 Å². The maximum absolute atomic E-state index is 7.88. The third kappa shape index (κ3) is 10.8. The third-order valence-corrected chi connectivity index (χ3v) is 0.224. The van der Waals surface area contributed by atoms with Crippen molar-refractivity contribution in [3.63, 3.8) is 0 Å². The first-order valence-electron chi connectivity index (χ1n) is 1.52. The van der Waals surface area contributed by atoms with Gasteiger partial charge in [-0.25, -0.2) is 0 Å². The molecule has 0 aliphatic heterocycles. The molecule has 1 N–H and O–H groups in total. The van der Waals surface area contributed by atoms with Gasteiger partial charge in [-0.1, -0.05) is 6.92 Å². The first kappa shape index (κ1) is 9.74. The summed E-state index contributed by atoms with van der Waals surface area (Å²) in [5.41, 5.74) is 0. The summed E-state index contributed by atoms with van der Waals surface area (Å²) >= 11 is 0. The van der Waals surface area contributed by atoms with Gasteiger partial charge in [-0.15, -0.1) is 0 Å². The van der Waals surface area contributed by atoms with Crippen molar-refractivity contribution in [1.82, 2.24) is 0 Å². The van der Waals surface area contributed by atoms with Crippen molar-refractivity contribution in [3.05, 3.63) is 0 Å². The van der Waals surface area contributed by atoms with Crippen molar-refractivity contribution in [1.29, 1.82) is 0 Å². The molecule has 0 spiro atoms. The van der Waals surface area contributed by atoms with Crippen LogP contribution >= 0.6 is 0 Å². The minimum atomic E-state index is 0. The van der Waals surface area contributed by atoms with Crippen molar-refractivity contribution in [2.45, 2.75) is 13.3 Å². The van der Waals surface area contributed by atoms with Crippen LogP contribution in [0.15, 0.2) is 0 Å². The van der Waals surface area contributed by atoms with Gasteiger partial charge in [-0.05, 0) is 6.42 Å². The van der Waals surface area contributed by atoms with E-state index in [-0.39, 0.29) is 49.4 Å². The predicted molar refractivity (Wildman–Crippen MR) is 17.4 cm³/mol. The van der Waals surface area contributed by atoms with Crippen LogP contribution in [0.4, 0.5) is 0 Å². The molecule has 0 bridgehead atoms. The number of rotatable bonds is 1. The average Bonchev–Trinajstić information content (AvgIpc) is 1.37. The average molecular weight is 212 g/mol. The fourth-order valence-electron chi connectivity index (χ4n) is 0. The molecule has 0 saturated heterocycles. The maximum atomic E-state index is 7.88. The van der Waals surface area contributed by atoms with E-state index in [0.717, 1.165) is 6.42 Å². The Balaban J connectivity index is 0. The Morgan fingerprint density at radius 1 is 1.60 bits per heavy atom. The number of aliphatic hydroxyl groups excluding tert-OH is 1. The van der Waals surface area contributed by atoms with Gasteiger partial charge in [0, 0.05) is 56.0 Å². The molecule has 0 atom stereocenters. The first-order chi connectivity index (χ1) is 1.91. The quantitative estimate of drug-likeness (QED) is 0.666. The summed E-state index contributed by atoms with van der Waals surface area (Å²) < 4.78 is 0. The van der Waals surface area contributed by atoms with E-state index in [4.69, 9.17) is 5.11 Å². The molecule has 0 amide bonds. The maximum Gasteiger partial charge on any atom is 0.0428 e. The number of aliphatic hydroxyl groups is 1. The second-order valence-electron chi connectivity index (χ2n) is 0.724. The summed E-state index contributed by atoms with van der Waals surface area (Å²) in [6.07, 6.45) is 0.875. The molecule has 0 aliphatic rings. The van der Waals surface area contributed by atoms with Gasteiger partial charge in [0.1, 0.15) is 0 Å². The molecule has 1 radical (unpaired) electrons. The second-order valence-corrected chi connectivity index (χ2v) is 0.724. The van der Waals surface area contributed by atoms with E-state index in [0.29, 0.717) is 6.61 Å². The molecule has 2 heteroatoms. The van der Waals surface area contributed by atoms with Crippen LogP contribution in [0.5, 0.6) is 0 Å². The molecule has 5 heavy (non-hydrogen) atoms. The van der Waals surface area contributed by atoms with Gasteiger partial charge in [0.2, 0.25) is 0 Å². The summed E-state index contributed by atoms with van der Waals surface area (Å²) in [6.45, 7) is 2.25. The Labute approximate surface area is 73.3 Å². The Morgan fingerprint density at radius 3 is 1.80 bits per heavy atom. The molecular weight excluding hydrogens is 204 g/mol. The van der Waals surface area contributed by atoms with E-state index in [1.54, 1.807) is 0 Å².